The highest BCUT2D eigenvalue weighted by Gasteiger charge is 2.13. The molecular formula is C12H17BrClN. The Morgan fingerprint density at radius 3 is 2.33 bits per heavy atom. The molecule has 0 unspecified atom stereocenters. The number of hydrogen-bond acceptors (Lipinski definition) is 1. The monoisotopic (exact) mass is 289 g/mol. The largest absolute Gasteiger partial charge is 0.310 e. The van der Waals surface area contributed by atoms with Crippen molar-refractivity contribution in [2.75, 3.05) is 0 Å². The van der Waals surface area contributed by atoms with E-state index in [4.69, 9.17) is 0 Å². The van der Waals surface area contributed by atoms with Crippen LogP contribution < -0.4 is 5.32 Å². The molecule has 1 aliphatic rings. The van der Waals surface area contributed by atoms with Crippen LogP contribution in [0.25, 0.3) is 0 Å². The van der Waals surface area contributed by atoms with Crippen molar-refractivity contribution in [1.29, 1.82) is 0 Å². The average molecular weight is 291 g/mol. The van der Waals surface area contributed by atoms with Crippen LogP contribution in [0.4, 0.5) is 0 Å². The van der Waals surface area contributed by atoms with Crippen LogP contribution in [-0.2, 0) is 6.54 Å². The third-order valence-corrected chi connectivity index (χ3v) is 3.39. The quantitative estimate of drug-likeness (QED) is 0.890. The zero-order valence-corrected chi connectivity index (χ0v) is 11.1. The fraction of sp³-hybridized carbons (Fsp3) is 0.500. The third kappa shape index (κ3) is 4.13. The Kier molecular flexibility index (Phi) is 5.65. The summed E-state index contributed by atoms with van der Waals surface area (Å²) in [5.74, 6) is 0. The second-order valence-electron chi connectivity index (χ2n) is 3.99. The molecule has 1 N–H and O–H groups in total. The van der Waals surface area contributed by atoms with E-state index < -0.39 is 0 Å². The zero-order chi connectivity index (χ0) is 9.80. The van der Waals surface area contributed by atoms with Crippen LogP contribution in [0.1, 0.15) is 31.2 Å². The molecular weight excluding hydrogens is 273 g/mol. The first kappa shape index (κ1) is 13.0. The van der Waals surface area contributed by atoms with Crippen molar-refractivity contribution >= 4 is 28.3 Å². The van der Waals surface area contributed by atoms with Gasteiger partial charge in [-0.15, -0.1) is 12.4 Å². The van der Waals surface area contributed by atoms with Crippen molar-refractivity contribution in [2.45, 2.75) is 38.3 Å². The van der Waals surface area contributed by atoms with Crippen LogP contribution in [0.15, 0.2) is 28.7 Å². The minimum atomic E-state index is 0. The normalized spacial score (nSPS) is 16.3. The number of hydrogen-bond donors (Lipinski definition) is 1. The Morgan fingerprint density at radius 1 is 1.13 bits per heavy atom. The van der Waals surface area contributed by atoms with Crippen molar-refractivity contribution in [3.05, 3.63) is 34.3 Å². The standard InChI is InChI=1S/C12H16BrN.ClH/c13-11-7-5-10(6-8-11)9-14-12-3-1-2-4-12;/h5-8,12,14H,1-4,9H2;1H. The second-order valence-corrected chi connectivity index (χ2v) is 4.90. The summed E-state index contributed by atoms with van der Waals surface area (Å²) in [6.07, 6.45) is 5.52. The van der Waals surface area contributed by atoms with Gasteiger partial charge >= 0.3 is 0 Å². The van der Waals surface area contributed by atoms with Crippen LogP contribution >= 0.6 is 28.3 Å². The average Bonchev–Trinajstić information content (AvgIpc) is 2.70. The lowest BCUT2D eigenvalue weighted by Gasteiger charge is -2.11. The smallest absolute Gasteiger partial charge is 0.0208 e. The van der Waals surface area contributed by atoms with Gasteiger partial charge in [-0.3, -0.25) is 0 Å². The predicted octanol–water partition coefficient (Wildman–Crippen LogP) is 3.90. The van der Waals surface area contributed by atoms with Crippen molar-refractivity contribution in [3.8, 4) is 0 Å². The topological polar surface area (TPSA) is 12.0 Å². The molecule has 2 rings (SSSR count). The van der Waals surface area contributed by atoms with Gasteiger partial charge in [0.05, 0.1) is 0 Å². The van der Waals surface area contributed by atoms with Gasteiger partial charge in [0.15, 0.2) is 0 Å². The molecule has 1 fully saturated rings. The fourth-order valence-electron chi connectivity index (χ4n) is 1.99. The van der Waals surface area contributed by atoms with Crippen LogP contribution in [0.3, 0.4) is 0 Å². The van der Waals surface area contributed by atoms with E-state index in [1.54, 1.807) is 0 Å². The highest BCUT2D eigenvalue weighted by atomic mass is 79.9. The summed E-state index contributed by atoms with van der Waals surface area (Å²) in [4.78, 5) is 0. The SMILES string of the molecule is Brc1ccc(CNC2CCCC2)cc1.Cl. The minimum absolute atomic E-state index is 0. The van der Waals surface area contributed by atoms with Crippen LogP contribution in [0.2, 0.25) is 0 Å². The maximum atomic E-state index is 3.60. The van der Waals surface area contributed by atoms with Gasteiger partial charge < -0.3 is 5.32 Å². The van der Waals surface area contributed by atoms with E-state index in [0.29, 0.717) is 0 Å². The van der Waals surface area contributed by atoms with E-state index in [-0.39, 0.29) is 12.4 Å². The van der Waals surface area contributed by atoms with Gasteiger partial charge in [-0.1, -0.05) is 40.9 Å². The van der Waals surface area contributed by atoms with Crippen molar-refractivity contribution in [3.63, 3.8) is 0 Å². The highest BCUT2D eigenvalue weighted by Crippen LogP contribution is 2.18. The summed E-state index contributed by atoms with van der Waals surface area (Å²) in [6, 6.07) is 9.31. The van der Waals surface area contributed by atoms with Gasteiger partial charge in [0.1, 0.15) is 0 Å². The Morgan fingerprint density at radius 2 is 1.73 bits per heavy atom. The summed E-state index contributed by atoms with van der Waals surface area (Å²) in [6.45, 7) is 1.01. The molecule has 84 valence electrons. The second kappa shape index (κ2) is 6.51. The Hall–Kier alpha value is -0.0500. The van der Waals surface area contributed by atoms with Gasteiger partial charge in [0.2, 0.25) is 0 Å². The summed E-state index contributed by atoms with van der Waals surface area (Å²) in [5.41, 5.74) is 1.38. The fourth-order valence-corrected chi connectivity index (χ4v) is 2.26. The number of halogens is 2. The van der Waals surface area contributed by atoms with Crippen LogP contribution in [0, 0.1) is 0 Å². The maximum absolute atomic E-state index is 3.60. The van der Waals surface area contributed by atoms with E-state index in [1.165, 1.54) is 31.2 Å². The molecule has 1 aromatic carbocycles. The molecule has 3 heteroatoms. The van der Waals surface area contributed by atoms with Crippen molar-refractivity contribution in [1.82, 2.24) is 5.32 Å². The first-order valence-corrected chi connectivity index (χ1v) is 6.12. The summed E-state index contributed by atoms with van der Waals surface area (Å²) in [5, 5.41) is 3.60. The molecule has 1 nitrogen and oxygen atoms in total. The predicted molar refractivity (Wildman–Crippen MR) is 70.5 cm³/mol. The summed E-state index contributed by atoms with van der Waals surface area (Å²) in [7, 11) is 0. The number of nitrogens with one attached hydrogen (secondary N) is 1. The van der Waals surface area contributed by atoms with E-state index in [2.05, 4.69) is 45.5 Å². The first-order valence-electron chi connectivity index (χ1n) is 5.32. The van der Waals surface area contributed by atoms with E-state index in [0.717, 1.165) is 17.1 Å². The number of benzene rings is 1. The molecule has 1 aliphatic carbocycles. The van der Waals surface area contributed by atoms with E-state index >= 15 is 0 Å². The molecule has 1 aromatic rings. The van der Waals surface area contributed by atoms with Gasteiger partial charge in [-0.05, 0) is 30.5 Å². The summed E-state index contributed by atoms with van der Waals surface area (Å²) < 4.78 is 1.15. The van der Waals surface area contributed by atoms with Crippen LogP contribution in [-0.4, -0.2) is 6.04 Å². The van der Waals surface area contributed by atoms with Gasteiger partial charge in [-0.25, -0.2) is 0 Å². The lowest BCUT2D eigenvalue weighted by atomic mass is 10.2. The van der Waals surface area contributed by atoms with Gasteiger partial charge in [-0.2, -0.15) is 0 Å². The molecule has 0 aliphatic heterocycles. The lowest BCUT2D eigenvalue weighted by Crippen LogP contribution is -2.25. The minimum Gasteiger partial charge on any atom is -0.310 e. The molecule has 0 radical (unpaired) electrons. The molecule has 0 amide bonds. The molecule has 0 bridgehead atoms. The van der Waals surface area contributed by atoms with Gasteiger partial charge in [0.25, 0.3) is 0 Å². The molecule has 1 saturated carbocycles. The Bertz CT molecular complexity index is 280. The third-order valence-electron chi connectivity index (χ3n) is 2.86. The molecule has 0 heterocycles. The Balaban J connectivity index is 0.00000112. The number of rotatable bonds is 3. The Labute approximate surface area is 106 Å². The highest BCUT2D eigenvalue weighted by molar-refractivity contribution is 9.10. The first-order chi connectivity index (χ1) is 6.84. The van der Waals surface area contributed by atoms with Crippen molar-refractivity contribution < 1.29 is 0 Å². The lowest BCUT2D eigenvalue weighted by molar-refractivity contribution is 0.524. The molecule has 15 heavy (non-hydrogen) atoms. The summed E-state index contributed by atoms with van der Waals surface area (Å²) >= 11 is 3.44. The molecule has 0 spiro atoms. The van der Waals surface area contributed by atoms with Crippen LogP contribution in [0.5, 0.6) is 0 Å². The van der Waals surface area contributed by atoms with Crippen molar-refractivity contribution in [2.24, 2.45) is 0 Å². The molecule has 0 atom stereocenters. The zero-order valence-electron chi connectivity index (χ0n) is 8.71. The molecule has 0 saturated heterocycles. The van der Waals surface area contributed by atoms with Gasteiger partial charge in [0, 0.05) is 17.1 Å². The molecule has 0 aromatic heterocycles. The maximum Gasteiger partial charge on any atom is 0.0208 e. The van der Waals surface area contributed by atoms with E-state index in [9.17, 15) is 0 Å². The van der Waals surface area contributed by atoms with E-state index in [1.807, 2.05) is 0 Å².